The summed E-state index contributed by atoms with van der Waals surface area (Å²) in [5.74, 6) is -2.21. The lowest BCUT2D eigenvalue weighted by molar-refractivity contribution is -0.134. The molecule has 3 atom stereocenters. The minimum atomic E-state index is -0.980. The van der Waals surface area contributed by atoms with E-state index in [9.17, 15) is 19.2 Å². The van der Waals surface area contributed by atoms with Crippen molar-refractivity contribution >= 4 is 34.5 Å². The van der Waals surface area contributed by atoms with Crippen LogP contribution in [0.15, 0.2) is 91.1 Å². The molecule has 2 heterocycles. The molecule has 0 bridgehead atoms. The first-order valence-electron chi connectivity index (χ1n) is 14.2. The van der Waals surface area contributed by atoms with Gasteiger partial charge < -0.3 is 26.3 Å². The summed E-state index contributed by atoms with van der Waals surface area (Å²) in [6.45, 7) is 0.402. The lowest BCUT2D eigenvalue weighted by Gasteiger charge is -2.26. The van der Waals surface area contributed by atoms with Gasteiger partial charge in [0.15, 0.2) is 0 Å². The predicted molar refractivity (Wildman–Crippen MR) is 160 cm³/mol. The van der Waals surface area contributed by atoms with Crippen LogP contribution < -0.4 is 21.3 Å². The van der Waals surface area contributed by atoms with Crippen LogP contribution in [0.1, 0.15) is 23.1 Å². The van der Waals surface area contributed by atoms with Crippen LogP contribution in [0, 0.1) is 5.92 Å². The first kappa shape index (κ1) is 28.6. The second-order valence-electron chi connectivity index (χ2n) is 10.6. The van der Waals surface area contributed by atoms with E-state index in [0.29, 0.717) is 6.42 Å². The first-order chi connectivity index (χ1) is 20.5. The number of nitrogens with one attached hydrogen (secondary N) is 5. The molecule has 0 aliphatic carbocycles. The lowest BCUT2D eigenvalue weighted by atomic mass is 9.93. The third-order valence-electron chi connectivity index (χ3n) is 7.52. The van der Waals surface area contributed by atoms with Crippen molar-refractivity contribution in [2.45, 2.75) is 37.8 Å². The van der Waals surface area contributed by atoms with Crippen LogP contribution >= 0.6 is 0 Å². The van der Waals surface area contributed by atoms with Gasteiger partial charge in [-0.05, 0) is 29.2 Å². The number of carbonyl (C=O) groups excluding carboxylic acids is 4. The van der Waals surface area contributed by atoms with Gasteiger partial charge in [-0.3, -0.25) is 19.2 Å². The molecule has 1 saturated heterocycles. The molecule has 4 amide bonds. The normalized spacial score (nSPS) is 20.6. The average molecular weight is 566 g/mol. The summed E-state index contributed by atoms with van der Waals surface area (Å²) >= 11 is 0. The monoisotopic (exact) mass is 565 g/mol. The van der Waals surface area contributed by atoms with Gasteiger partial charge in [0.25, 0.3) is 0 Å². The number of carbonyl (C=O) groups is 4. The summed E-state index contributed by atoms with van der Waals surface area (Å²) in [7, 11) is 0. The Balaban J connectivity index is 1.45. The van der Waals surface area contributed by atoms with Gasteiger partial charge in [0.2, 0.25) is 23.6 Å². The van der Waals surface area contributed by atoms with Crippen LogP contribution in [-0.2, 0) is 38.4 Å². The molecular formula is C33H35N5O4. The number of fused-ring (bicyclic) bond motifs is 1. The van der Waals surface area contributed by atoms with Gasteiger partial charge in [-0.15, -0.1) is 0 Å². The van der Waals surface area contributed by atoms with Crippen molar-refractivity contribution in [2.75, 3.05) is 13.1 Å². The Morgan fingerprint density at radius 2 is 1.19 bits per heavy atom. The highest BCUT2D eigenvalue weighted by Gasteiger charge is 2.31. The number of rotatable bonds is 6. The van der Waals surface area contributed by atoms with Crippen molar-refractivity contribution in [3.8, 4) is 0 Å². The Hall–Kier alpha value is -4.92. The predicted octanol–water partition coefficient (Wildman–Crippen LogP) is 2.42. The molecule has 0 spiro atoms. The largest absolute Gasteiger partial charge is 0.361 e. The van der Waals surface area contributed by atoms with Crippen LogP contribution in [-0.4, -0.2) is 53.8 Å². The molecule has 1 aliphatic rings. The minimum Gasteiger partial charge on any atom is -0.361 e. The summed E-state index contributed by atoms with van der Waals surface area (Å²) in [5.41, 5.74) is 3.57. The van der Waals surface area contributed by atoms with Gasteiger partial charge >= 0.3 is 0 Å². The Bertz CT molecular complexity index is 1540. The van der Waals surface area contributed by atoms with Crippen molar-refractivity contribution < 1.29 is 19.2 Å². The van der Waals surface area contributed by atoms with E-state index in [-0.39, 0.29) is 44.2 Å². The van der Waals surface area contributed by atoms with E-state index in [1.807, 2.05) is 91.1 Å². The Morgan fingerprint density at radius 3 is 1.93 bits per heavy atom. The van der Waals surface area contributed by atoms with E-state index in [1.165, 1.54) is 0 Å². The van der Waals surface area contributed by atoms with E-state index < -0.39 is 29.8 Å². The van der Waals surface area contributed by atoms with E-state index in [2.05, 4.69) is 26.3 Å². The fourth-order valence-electron chi connectivity index (χ4n) is 5.31. The quantitative estimate of drug-likeness (QED) is 0.246. The smallest absolute Gasteiger partial charge is 0.243 e. The molecule has 216 valence electrons. The van der Waals surface area contributed by atoms with E-state index in [4.69, 9.17) is 0 Å². The second kappa shape index (κ2) is 13.6. The second-order valence-corrected chi connectivity index (χ2v) is 10.6. The summed E-state index contributed by atoms with van der Waals surface area (Å²) in [5, 5.41) is 12.4. The van der Waals surface area contributed by atoms with Crippen LogP contribution in [0.5, 0.6) is 0 Å². The molecule has 0 radical (unpaired) electrons. The number of aromatic amines is 1. The van der Waals surface area contributed by atoms with E-state index >= 15 is 0 Å². The SMILES string of the molecule is O=C1CC(Cc2ccccc2)C(=O)N[C@@H](Cc2c[nH]c3ccccc23)C(=O)N[C@@H](Cc2ccccc2)C(=O)NCCN1. The van der Waals surface area contributed by atoms with Gasteiger partial charge in [0, 0.05) is 49.5 Å². The minimum absolute atomic E-state index is 0.0489. The maximum Gasteiger partial charge on any atom is 0.243 e. The van der Waals surface area contributed by atoms with E-state index in [0.717, 1.165) is 27.6 Å². The topological polar surface area (TPSA) is 132 Å². The number of H-pyrrole nitrogens is 1. The average Bonchev–Trinajstić information content (AvgIpc) is 3.41. The van der Waals surface area contributed by atoms with Crippen LogP contribution in [0.25, 0.3) is 10.9 Å². The fourth-order valence-corrected chi connectivity index (χ4v) is 5.31. The molecule has 5 N–H and O–H groups in total. The summed E-state index contributed by atoms with van der Waals surface area (Å²) in [6, 6.07) is 24.8. The van der Waals surface area contributed by atoms with Crippen molar-refractivity contribution in [1.29, 1.82) is 0 Å². The highest BCUT2D eigenvalue weighted by molar-refractivity contribution is 5.94. The molecule has 9 nitrogen and oxygen atoms in total. The Morgan fingerprint density at radius 1 is 0.595 bits per heavy atom. The zero-order valence-corrected chi connectivity index (χ0v) is 23.3. The van der Waals surface area contributed by atoms with Crippen molar-refractivity contribution in [3.63, 3.8) is 0 Å². The molecule has 1 aromatic heterocycles. The number of hydrogen-bond acceptors (Lipinski definition) is 4. The van der Waals surface area contributed by atoms with Gasteiger partial charge in [-0.25, -0.2) is 0 Å². The molecule has 4 aromatic rings. The molecule has 1 unspecified atom stereocenters. The van der Waals surface area contributed by atoms with Gasteiger partial charge in [0.05, 0.1) is 5.92 Å². The molecule has 1 fully saturated rings. The Kier molecular flexibility index (Phi) is 9.28. The number of benzene rings is 3. The molecule has 42 heavy (non-hydrogen) atoms. The maximum atomic E-state index is 13.9. The zero-order chi connectivity index (χ0) is 29.3. The van der Waals surface area contributed by atoms with Crippen LogP contribution in [0.4, 0.5) is 0 Å². The van der Waals surface area contributed by atoms with Crippen LogP contribution in [0.2, 0.25) is 0 Å². The van der Waals surface area contributed by atoms with Crippen molar-refractivity contribution in [3.05, 3.63) is 108 Å². The molecule has 3 aromatic carbocycles. The van der Waals surface area contributed by atoms with Gasteiger partial charge in [-0.1, -0.05) is 78.9 Å². The molecule has 1 aliphatic heterocycles. The van der Waals surface area contributed by atoms with Gasteiger partial charge in [0.1, 0.15) is 12.1 Å². The molecule has 9 heteroatoms. The summed E-state index contributed by atoms with van der Waals surface area (Å²) < 4.78 is 0. The van der Waals surface area contributed by atoms with E-state index in [1.54, 1.807) is 0 Å². The third kappa shape index (κ3) is 7.42. The first-order valence-corrected chi connectivity index (χ1v) is 14.2. The van der Waals surface area contributed by atoms with Crippen molar-refractivity contribution in [1.82, 2.24) is 26.3 Å². The maximum absolute atomic E-state index is 13.9. The highest BCUT2D eigenvalue weighted by Crippen LogP contribution is 2.20. The number of para-hydroxylation sites is 1. The number of aromatic nitrogens is 1. The third-order valence-corrected chi connectivity index (χ3v) is 7.52. The Labute approximate surface area is 244 Å². The molecular weight excluding hydrogens is 530 g/mol. The standard InChI is InChI=1S/C33H35N5O4/c39-30-20-24(17-22-9-3-1-4-10-22)31(40)37-29(19-25-21-36-27-14-8-7-13-26(25)27)33(42)38-28(32(41)35-16-15-34-30)18-23-11-5-2-6-12-23/h1-14,21,24,28-29,36H,15-20H2,(H,34,39)(H,35,41)(H,37,40)(H,38,42)/t24?,28-,29-/m0/s1. The summed E-state index contributed by atoms with van der Waals surface area (Å²) in [6.07, 6.45) is 2.60. The van der Waals surface area contributed by atoms with Crippen LogP contribution in [0.3, 0.4) is 0 Å². The lowest BCUT2D eigenvalue weighted by Crippen LogP contribution is -2.56. The summed E-state index contributed by atoms with van der Waals surface area (Å²) in [4.78, 5) is 56.9. The fraction of sp³-hybridized carbons (Fsp3) is 0.273. The molecule has 0 saturated carbocycles. The number of hydrogen-bond donors (Lipinski definition) is 5. The highest BCUT2D eigenvalue weighted by atomic mass is 16.2. The zero-order valence-electron chi connectivity index (χ0n) is 23.3. The molecule has 5 rings (SSSR count). The van der Waals surface area contributed by atoms with Crippen molar-refractivity contribution in [2.24, 2.45) is 5.92 Å². The van der Waals surface area contributed by atoms with Gasteiger partial charge in [-0.2, -0.15) is 0 Å². The number of amides is 4.